The quantitative estimate of drug-likeness (QED) is 0.197. The average Bonchev–Trinajstić information content (AvgIpc) is 2.80. The van der Waals surface area contributed by atoms with Gasteiger partial charge in [-0.2, -0.15) is 10.3 Å². The molecule has 0 aliphatic heterocycles. The van der Waals surface area contributed by atoms with Crippen LogP contribution >= 0.6 is 24.4 Å². The van der Waals surface area contributed by atoms with Crippen molar-refractivity contribution < 1.29 is 26.5 Å². The number of fused-ring (bicyclic) bond motifs is 2. The second-order valence-electron chi connectivity index (χ2n) is 5.25. The summed E-state index contributed by atoms with van der Waals surface area (Å²) in [5.41, 5.74) is 1.84. The summed E-state index contributed by atoms with van der Waals surface area (Å²) >= 11 is 7.40. The van der Waals surface area contributed by atoms with Crippen molar-refractivity contribution in [1.82, 2.24) is 9.97 Å². The van der Waals surface area contributed by atoms with Crippen molar-refractivity contribution in [3.8, 4) is 11.5 Å². The Hall–Kier alpha value is -3.02. The van der Waals surface area contributed by atoms with Crippen molar-refractivity contribution in [3.63, 3.8) is 0 Å². The fourth-order valence-corrected chi connectivity index (χ4v) is 2.48. The van der Waals surface area contributed by atoms with Crippen LogP contribution in [0, 0.1) is 0 Å². The minimum Gasteiger partial charge on any atom is -0.753 e. The number of nitrogens with zero attached hydrogens (tertiary/aromatic N) is 4. The normalized spacial score (nSPS) is 8.32. The first-order chi connectivity index (χ1) is 14.7. The van der Waals surface area contributed by atoms with Crippen LogP contribution in [0.5, 0.6) is 11.5 Å². The molecular formula is C22H18CuN4O2S2. The van der Waals surface area contributed by atoms with E-state index in [9.17, 15) is 0 Å². The SMILES string of the molecule is COc1cccc2cccnc12.COc1cccc2cccnc12.[Cu+2].[N-]=C=S.[N-]=C=S. The van der Waals surface area contributed by atoms with E-state index in [1.54, 1.807) is 26.6 Å². The van der Waals surface area contributed by atoms with Crippen LogP contribution in [0.15, 0.2) is 73.1 Å². The summed E-state index contributed by atoms with van der Waals surface area (Å²) in [6.07, 6.45) is 3.54. The monoisotopic (exact) mass is 497 g/mol. The molecule has 2 aromatic heterocycles. The molecule has 0 aliphatic carbocycles. The Labute approximate surface area is 202 Å². The molecule has 161 valence electrons. The molecule has 0 saturated carbocycles. The Morgan fingerprint density at radius 1 is 0.677 bits per heavy atom. The van der Waals surface area contributed by atoms with Crippen LogP contribution in [-0.2, 0) is 17.1 Å². The molecule has 0 aliphatic rings. The molecule has 0 amide bonds. The summed E-state index contributed by atoms with van der Waals surface area (Å²) in [6.45, 7) is 0. The van der Waals surface area contributed by atoms with E-state index in [-0.39, 0.29) is 17.1 Å². The van der Waals surface area contributed by atoms with Gasteiger partial charge in [0.15, 0.2) is 0 Å². The molecule has 0 fully saturated rings. The van der Waals surface area contributed by atoms with Gasteiger partial charge in [0.2, 0.25) is 0 Å². The van der Waals surface area contributed by atoms with Gasteiger partial charge in [0.1, 0.15) is 22.5 Å². The summed E-state index contributed by atoms with van der Waals surface area (Å²) in [6, 6.07) is 19.7. The first kappa shape index (κ1) is 28.0. The van der Waals surface area contributed by atoms with E-state index >= 15 is 0 Å². The van der Waals surface area contributed by atoms with Gasteiger partial charge >= 0.3 is 17.1 Å². The van der Waals surface area contributed by atoms with Crippen molar-refractivity contribution >= 4 is 56.6 Å². The van der Waals surface area contributed by atoms with Crippen LogP contribution in [-0.4, -0.2) is 34.5 Å². The van der Waals surface area contributed by atoms with Crippen LogP contribution in [0.3, 0.4) is 0 Å². The minimum atomic E-state index is 0. The van der Waals surface area contributed by atoms with Crippen molar-refractivity contribution in [1.29, 1.82) is 0 Å². The van der Waals surface area contributed by atoms with Gasteiger partial charge in [0, 0.05) is 23.2 Å². The molecule has 31 heavy (non-hydrogen) atoms. The van der Waals surface area contributed by atoms with E-state index < -0.39 is 0 Å². The van der Waals surface area contributed by atoms with E-state index in [2.05, 4.69) is 34.4 Å². The van der Waals surface area contributed by atoms with Crippen LogP contribution in [0.1, 0.15) is 0 Å². The zero-order chi connectivity index (χ0) is 22.2. The van der Waals surface area contributed by atoms with E-state index in [4.69, 9.17) is 20.3 Å². The predicted molar refractivity (Wildman–Crippen MR) is 129 cm³/mol. The first-order valence-corrected chi connectivity index (χ1v) is 9.26. The summed E-state index contributed by atoms with van der Waals surface area (Å²) in [5.74, 6) is 1.65. The zero-order valence-corrected chi connectivity index (χ0v) is 19.2. The number of rotatable bonds is 2. The molecule has 1 radical (unpaired) electrons. The Morgan fingerprint density at radius 2 is 1.00 bits per heavy atom. The number of methoxy groups -OCH3 is 2. The fraction of sp³-hybridized carbons (Fsp3) is 0.0909. The third-order valence-corrected chi connectivity index (χ3v) is 3.63. The van der Waals surface area contributed by atoms with Gasteiger partial charge in [0.05, 0.1) is 14.2 Å². The first-order valence-electron chi connectivity index (χ1n) is 8.44. The Balaban J connectivity index is 0.000000453. The van der Waals surface area contributed by atoms with E-state index in [1.807, 2.05) is 60.7 Å². The maximum Gasteiger partial charge on any atom is 2.00 e. The van der Waals surface area contributed by atoms with Gasteiger partial charge in [-0.3, -0.25) is 9.97 Å². The van der Waals surface area contributed by atoms with E-state index in [1.165, 1.54) is 10.3 Å². The van der Waals surface area contributed by atoms with Crippen molar-refractivity contribution in [2.75, 3.05) is 14.2 Å². The summed E-state index contributed by atoms with van der Waals surface area (Å²) < 4.78 is 10.3. The third kappa shape index (κ3) is 9.11. The number of hydrogen-bond acceptors (Lipinski definition) is 6. The number of pyridine rings is 2. The number of para-hydroxylation sites is 2. The van der Waals surface area contributed by atoms with Gasteiger partial charge < -0.3 is 20.3 Å². The van der Waals surface area contributed by atoms with Gasteiger partial charge in [-0.25, -0.2) is 0 Å². The summed E-state index contributed by atoms with van der Waals surface area (Å²) in [7, 11) is 3.31. The van der Waals surface area contributed by atoms with Crippen LogP contribution < -0.4 is 9.47 Å². The largest absolute Gasteiger partial charge is 2.00 e. The smallest absolute Gasteiger partial charge is 0.753 e. The maximum atomic E-state index is 7.13. The molecule has 2 aromatic carbocycles. The van der Waals surface area contributed by atoms with Gasteiger partial charge in [-0.15, -0.1) is 0 Å². The molecule has 2 heterocycles. The van der Waals surface area contributed by atoms with Crippen molar-refractivity contribution in [3.05, 3.63) is 83.9 Å². The third-order valence-electron chi connectivity index (χ3n) is 3.63. The Kier molecular flexibility index (Phi) is 15.1. The summed E-state index contributed by atoms with van der Waals surface area (Å²) in [5, 5.41) is 19.2. The van der Waals surface area contributed by atoms with Crippen molar-refractivity contribution in [2.45, 2.75) is 0 Å². The fourth-order valence-electron chi connectivity index (χ4n) is 2.48. The average molecular weight is 498 g/mol. The molecule has 9 heteroatoms. The van der Waals surface area contributed by atoms with E-state index in [0.29, 0.717) is 0 Å². The number of thiocarbonyl (C=S) groups is 2. The topological polar surface area (TPSA) is 88.8 Å². The maximum absolute atomic E-state index is 7.13. The molecule has 0 saturated heterocycles. The zero-order valence-electron chi connectivity index (χ0n) is 16.7. The van der Waals surface area contributed by atoms with Gasteiger partial charge in [0.25, 0.3) is 0 Å². The molecule has 0 N–H and O–H groups in total. The summed E-state index contributed by atoms with van der Waals surface area (Å²) in [4.78, 5) is 8.45. The molecule has 4 aromatic rings. The molecule has 0 bridgehead atoms. The number of aromatic nitrogens is 2. The second-order valence-corrected chi connectivity index (χ2v) is 5.62. The molecule has 0 spiro atoms. The number of benzene rings is 2. The van der Waals surface area contributed by atoms with E-state index in [0.717, 1.165) is 33.3 Å². The standard InChI is InChI=1S/2C10H9NO.2CNS.Cu/c2*1-12-9-6-2-4-8-5-3-7-11-10(8)9;2*2-1-3;/h2*2-7H,1H3;;;/q;;2*-1;+2. The molecule has 0 unspecified atom stereocenters. The number of ether oxygens (including phenoxy) is 2. The number of hydrogen-bond donors (Lipinski definition) is 0. The van der Waals surface area contributed by atoms with Crippen molar-refractivity contribution in [2.24, 2.45) is 0 Å². The predicted octanol–water partition coefficient (Wildman–Crippen LogP) is 5.80. The molecule has 6 nitrogen and oxygen atoms in total. The van der Waals surface area contributed by atoms with Gasteiger partial charge in [-0.05, 0) is 24.3 Å². The van der Waals surface area contributed by atoms with Crippen LogP contribution in [0.25, 0.3) is 32.6 Å². The Morgan fingerprint density at radius 3 is 1.32 bits per heavy atom. The molecule has 0 atom stereocenters. The molecule has 4 rings (SSSR count). The minimum absolute atomic E-state index is 0. The van der Waals surface area contributed by atoms with Crippen LogP contribution in [0.2, 0.25) is 0 Å². The molecular weight excluding hydrogens is 480 g/mol. The van der Waals surface area contributed by atoms with Gasteiger partial charge in [-0.1, -0.05) is 60.8 Å². The second kappa shape index (κ2) is 16.7. The van der Waals surface area contributed by atoms with Crippen LogP contribution in [0.4, 0.5) is 0 Å². The number of isothiocyanates is 2. The Bertz CT molecular complexity index is 1040.